The highest BCUT2D eigenvalue weighted by Gasteiger charge is 2.27. The van der Waals surface area contributed by atoms with Gasteiger partial charge in [0.25, 0.3) is 0 Å². The van der Waals surface area contributed by atoms with Gasteiger partial charge in [-0.15, -0.1) is 11.3 Å². The first-order chi connectivity index (χ1) is 10.3. The molecule has 1 aromatic carbocycles. The fourth-order valence-corrected chi connectivity index (χ4v) is 3.79. The SMILES string of the molecule is CCOc1ccc(S(=O)(=O)NCC(C)(O)c2cccs2)cc1. The number of aliphatic hydroxyl groups is 1. The van der Waals surface area contributed by atoms with Gasteiger partial charge in [0.05, 0.1) is 11.5 Å². The second-order valence-electron chi connectivity index (χ2n) is 4.98. The first-order valence-corrected chi connectivity index (χ1v) is 9.20. The van der Waals surface area contributed by atoms with Gasteiger partial charge in [0.1, 0.15) is 11.4 Å². The van der Waals surface area contributed by atoms with E-state index in [1.807, 2.05) is 18.4 Å². The first-order valence-electron chi connectivity index (χ1n) is 6.84. The highest BCUT2D eigenvalue weighted by atomic mass is 32.2. The molecule has 120 valence electrons. The Hall–Kier alpha value is -1.41. The first kappa shape index (κ1) is 17.0. The lowest BCUT2D eigenvalue weighted by atomic mass is 10.1. The van der Waals surface area contributed by atoms with E-state index in [9.17, 15) is 13.5 Å². The van der Waals surface area contributed by atoms with Crippen molar-refractivity contribution in [2.75, 3.05) is 13.2 Å². The molecule has 0 spiro atoms. The van der Waals surface area contributed by atoms with E-state index in [0.717, 1.165) is 0 Å². The number of sulfonamides is 1. The van der Waals surface area contributed by atoms with Crippen molar-refractivity contribution >= 4 is 21.4 Å². The maximum Gasteiger partial charge on any atom is 0.240 e. The lowest BCUT2D eigenvalue weighted by Gasteiger charge is -2.22. The summed E-state index contributed by atoms with van der Waals surface area (Å²) in [7, 11) is -3.68. The molecule has 2 rings (SSSR count). The zero-order chi connectivity index (χ0) is 16.2. The summed E-state index contributed by atoms with van der Waals surface area (Å²) in [5, 5.41) is 12.2. The van der Waals surface area contributed by atoms with Crippen LogP contribution in [0.1, 0.15) is 18.7 Å². The lowest BCUT2D eigenvalue weighted by Crippen LogP contribution is -2.38. The minimum atomic E-state index is -3.68. The van der Waals surface area contributed by atoms with Crippen molar-refractivity contribution in [1.82, 2.24) is 4.72 Å². The minimum Gasteiger partial charge on any atom is -0.494 e. The Morgan fingerprint density at radius 3 is 2.50 bits per heavy atom. The monoisotopic (exact) mass is 341 g/mol. The maximum atomic E-state index is 12.3. The molecule has 0 fully saturated rings. The van der Waals surface area contributed by atoms with Crippen molar-refractivity contribution in [3.8, 4) is 5.75 Å². The third kappa shape index (κ3) is 4.07. The maximum absolute atomic E-state index is 12.3. The summed E-state index contributed by atoms with van der Waals surface area (Å²) in [6.07, 6.45) is 0. The van der Waals surface area contributed by atoms with Crippen LogP contribution in [0.3, 0.4) is 0 Å². The van der Waals surface area contributed by atoms with E-state index in [2.05, 4.69) is 4.72 Å². The van der Waals surface area contributed by atoms with Gasteiger partial charge in [0.2, 0.25) is 10.0 Å². The fraction of sp³-hybridized carbons (Fsp3) is 0.333. The second-order valence-corrected chi connectivity index (χ2v) is 7.69. The molecule has 0 saturated carbocycles. The molecular weight excluding hydrogens is 322 g/mol. The molecule has 7 heteroatoms. The molecule has 0 aliphatic rings. The molecule has 5 nitrogen and oxygen atoms in total. The molecule has 2 N–H and O–H groups in total. The number of hydrogen-bond acceptors (Lipinski definition) is 5. The molecule has 1 aromatic heterocycles. The molecule has 0 saturated heterocycles. The number of rotatable bonds is 7. The Kier molecular flexibility index (Phi) is 5.23. The van der Waals surface area contributed by atoms with Crippen LogP contribution in [0.25, 0.3) is 0 Å². The number of ether oxygens (including phenoxy) is 1. The number of nitrogens with one attached hydrogen (secondary N) is 1. The van der Waals surface area contributed by atoms with Crippen LogP contribution >= 0.6 is 11.3 Å². The third-order valence-electron chi connectivity index (χ3n) is 3.10. The van der Waals surface area contributed by atoms with Crippen molar-refractivity contribution in [2.45, 2.75) is 24.3 Å². The predicted octanol–water partition coefficient (Wildman–Crippen LogP) is 2.33. The molecule has 0 radical (unpaired) electrons. The van der Waals surface area contributed by atoms with Gasteiger partial charge in [-0.25, -0.2) is 13.1 Å². The largest absolute Gasteiger partial charge is 0.494 e. The van der Waals surface area contributed by atoms with Gasteiger partial charge in [-0.3, -0.25) is 0 Å². The van der Waals surface area contributed by atoms with Crippen molar-refractivity contribution in [3.05, 3.63) is 46.7 Å². The van der Waals surface area contributed by atoms with E-state index in [0.29, 0.717) is 17.2 Å². The van der Waals surface area contributed by atoms with Crippen molar-refractivity contribution in [3.63, 3.8) is 0 Å². The molecule has 0 amide bonds. The van der Waals surface area contributed by atoms with Gasteiger partial charge >= 0.3 is 0 Å². The van der Waals surface area contributed by atoms with E-state index < -0.39 is 15.6 Å². The molecule has 22 heavy (non-hydrogen) atoms. The Balaban J connectivity index is 2.08. The van der Waals surface area contributed by atoms with Gasteiger partial charge in [0, 0.05) is 11.4 Å². The normalized spacial score (nSPS) is 14.5. The van der Waals surface area contributed by atoms with Crippen LogP contribution in [-0.4, -0.2) is 26.7 Å². The minimum absolute atomic E-state index is 0.0942. The predicted molar refractivity (Wildman–Crippen MR) is 86.7 cm³/mol. The molecule has 1 atom stereocenters. The van der Waals surface area contributed by atoms with E-state index in [1.165, 1.54) is 23.5 Å². The molecule has 1 heterocycles. The van der Waals surface area contributed by atoms with Crippen molar-refractivity contribution in [1.29, 1.82) is 0 Å². The zero-order valence-electron chi connectivity index (χ0n) is 12.4. The summed E-state index contributed by atoms with van der Waals surface area (Å²) >= 11 is 1.38. The van der Waals surface area contributed by atoms with Gasteiger partial charge in [-0.2, -0.15) is 0 Å². The van der Waals surface area contributed by atoms with Crippen LogP contribution in [-0.2, 0) is 15.6 Å². The highest BCUT2D eigenvalue weighted by molar-refractivity contribution is 7.89. The van der Waals surface area contributed by atoms with Crippen LogP contribution in [0.5, 0.6) is 5.75 Å². The highest BCUT2D eigenvalue weighted by Crippen LogP contribution is 2.25. The zero-order valence-corrected chi connectivity index (χ0v) is 14.1. The Morgan fingerprint density at radius 2 is 1.95 bits per heavy atom. The second kappa shape index (κ2) is 6.78. The van der Waals surface area contributed by atoms with Crippen LogP contribution in [0.2, 0.25) is 0 Å². The number of hydrogen-bond donors (Lipinski definition) is 2. The van der Waals surface area contributed by atoms with E-state index in [-0.39, 0.29) is 11.4 Å². The molecule has 0 aliphatic carbocycles. The average molecular weight is 341 g/mol. The smallest absolute Gasteiger partial charge is 0.240 e. The van der Waals surface area contributed by atoms with E-state index >= 15 is 0 Å². The average Bonchev–Trinajstić information content (AvgIpc) is 3.02. The van der Waals surface area contributed by atoms with E-state index in [1.54, 1.807) is 25.1 Å². The van der Waals surface area contributed by atoms with Gasteiger partial charge < -0.3 is 9.84 Å². The van der Waals surface area contributed by atoms with Crippen LogP contribution < -0.4 is 9.46 Å². The van der Waals surface area contributed by atoms with Gasteiger partial charge in [0.15, 0.2) is 0 Å². The van der Waals surface area contributed by atoms with Crippen LogP contribution in [0, 0.1) is 0 Å². The lowest BCUT2D eigenvalue weighted by molar-refractivity contribution is 0.0666. The number of benzene rings is 1. The summed E-state index contributed by atoms with van der Waals surface area (Å²) < 4.78 is 32.2. The standard InChI is InChI=1S/C15H19NO4S2/c1-3-20-12-6-8-13(9-7-12)22(18,19)16-11-15(2,17)14-5-4-10-21-14/h4-10,16-17H,3,11H2,1-2H3. The summed E-state index contributed by atoms with van der Waals surface area (Å²) in [6.45, 7) is 3.87. The third-order valence-corrected chi connectivity index (χ3v) is 5.64. The Morgan fingerprint density at radius 1 is 1.27 bits per heavy atom. The van der Waals surface area contributed by atoms with Crippen LogP contribution in [0.4, 0.5) is 0 Å². The van der Waals surface area contributed by atoms with Crippen molar-refractivity contribution in [2.24, 2.45) is 0 Å². The van der Waals surface area contributed by atoms with Crippen molar-refractivity contribution < 1.29 is 18.3 Å². The summed E-state index contributed by atoms with van der Waals surface area (Å²) in [5.41, 5.74) is -1.24. The molecule has 1 unspecified atom stereocenters. The summed E-state index contributed by atoms with van der Waals surface area (Å²) in [4.78, 5) is 0.847. The molecular formula is C15H19NO4S2. The van der Waals surface area contributed by atoms with Gasteiger partial charge in [-0.05, 0) is 49.6 Å². The Labute approximate surface area is 134 Å². The topological polar surface area (TPSA) is 75.6 Å². The quantitative estimate of drug-likeness (QED) is 0.810. The summed E-state index contributed by atoms with van der Waals surface area (Å²) in [5.74, 6) is 0.618. The molecule has 2 aromatic rings. The van der Waals surface area contributed by atoms with Crippen LogP contribution in [0.15, 0.2) is 46.7 Å². The van der Waals surface area contributed by atoms with E-state index in [4.69, 9.17) is 4.74 Å². The van der Waals surface area contributed by atoms with Gasteiger partial charge in [-0.1, -0.05) is 6.07 Å². The number of thiophene rings is 1. The summed E-state index contributed by atoms with van der Waals surface area (Å²) in [6, 6.07) is 9.76. The fourth-order valence-electron chi connectivity index (χ4n) is 1.87. The molecule has 0 aliphatic heterocycles. The Bertz CT molecular complexity index is 692. The molecule has 0 bridgehead atoms.